The lowest BCUT2D eigenvalue weighted by Crippen LogP contribution is -2.25. The van der Waals surface area contributed by atoms with Crippen molar-refractivity contribution in [3.05, 3.63) is 64.6 Å². The van der Waals surface area contributed by atoms with E-state index in [9.17, 15) is 4.91 Å². The first-order valence-electron chi connectivity index (χ1n) is 6.30. The average molecular weight is 267 g/mol. The molecule has 5 heteroatoms. The van der Waals surface area contributed by atoms with Gasteiger partial charge in [0, 0.05) is 11.1 Å². The standard InChI is InChI=1S/C15H13N3O2/c16-15(18-19)11-6-2-1-5-10(11)14-9-17-12-7-3-4-8-13(12)20-14/h1-8,14,16-17H,9H2. The molecule has 1 aliphatic heterocycles. The summed E-state index contributed by atoms with van der Waals surface area (Å²) >= 11 is 0. The zero-order chi connectivity index (χ0) is 13.9. The lowest BCUT2D eigenvalue weighted by atomic mass is 10.0. The molecule has 0 fully saturated rings. The summed E-state index contributed by atoms with van der Waals surface area (Å²) in [6.45, 7) is 0.583. The number of ether oxygens (including phenoxy) is 1. The van der Waals surface area contributed by atoms with Crippen molar-refractivity contribution in [3.8, 4) is 5.75 Å². The summed E-state index contributed by atoms with van der Waals surface area (Å²) in [5.41, 5.74) is 2.25. The van der Waals surface area contributed by atoms with E-state index in [1.54, 1.807) is 12.1 Å². The molecule has 3 rings (SSSR count). The number of amidine groups is 1. The molecule has 1 heterocycles. The molecule has 2 aromatic rings. The highest BCUT2D eigenvalue weighted by atomic mass is 16.5. The van der Waals surface area contributed by atoms with Crippen LogP contribution < -0.4 is 10.1 Å². The van der Waals surface area contributed by atoms with Gasteiger partial charge in [0.05, 0.1) is 12.2 Å². The van der Waals surface area contributed by atoms with Gasteiger partial charge in [0.1, 0.15) is 11.9 Å². The van der Waals surface area contributed by atoms with Crippen LogP contribution in [-0.2, 0) is 0 Å². The number of fused-ring (bicyclic) bond motifs is 1. The largest absolute Gasteiger partial charge is 0.482 e. The molecule has 20 heavy (non-hydrogen) atoms. The molecule has 0 spiro atoms. The van der Waals surface area contributed by atoms with Crippen molar-refractivity contribution in [2.75, 3.05) is 11.9 Å². The number of nitroso groups, excluding NO2 is 1. The highest BCUT2D eigenvalue weighted by Gasteiger charge is 2.23. The van der Waals surface area contributed by atoms with Crippen molar-refractivity contribution in [3.63, 3.8) is 0 Å². The molecule has 0 aliphatic carbocycles. The van der Waals surface area contributed by atoms with Gasteiger partial charge in [-0.15, -0.1) is 4.91 Å². The first-order valence-corrected chi connectivity index (χ1v) is 6.30. The maximum atomic E-state index is 10.6. The van der Waals surface area contributed by atoms with Gasteiger partial charge in [0.15, 0.2) is 5.84 Å². The van der Waals surface area contributed by atoms with Crippen LogP contribution in [0.15, 0.2) is 53.7 Å². The molecule has 100 valence electrons. The summed E-state index contributed by atoms with van der Waals surface area (Å²) in [5.74, 6) is 0.493. The third-order valence-corrected chi connectivity index (χ3v) is 3.29. The fourth-order valence-electron chi connectivity index (χ4n) is 2.33. The van der Waals surface area contributed by atoms with E-state index < -0.39 is 0 Å². The van der Waals surface area contributed by atoms with E-state index in [2.05, 4.69) is 10.5 Å². The van der Waals surface area contributed by atoms with Crippen LogP contribution >= 0.6 is 0 Å². The average Bonchev–Trinajstić information content (AvgIpc) is 2.53. The highest BCUT2D eigenvalue weighted by molar-refractivity contribution is 5.98. The second-order valence-corrected chi connectivity index (χ2v) is 4.51. The second-order valence-electron chi connectivity index (χ2n) is 4.51. The monoisotopic (exact) mass is 267 g/mol. The van der Waals surface area contributed by atoms with Crippen LogP contribution in [0.3, 0.4) is 0 Å². The SMILES string of the molecule is N=C(N=O)c1ccccc1C1CNc2ccccc2O1. The smallest absolute Gasteiger partial charge is 0.196 e. The maximum Gasteiger partial charge on any atom is 0.196 e. The van der Waals surface area contributed by atoms with Crippen LogP contribution in [0, 0.1) is 10.3 Å². The fourth-order valence-corrected chi connectivity index (χ4v) is 2.33. The van der Waals surface area contributed by atoms with Crippen molar-refractivity contribution < 1.29 is 4.74 Å². The van der Waals surface area contributed by atoms with Crippen LogP contribution in [0.4, 0.5) is 5.69 Å². The normalized spacial score (nSPS) is 16.5. The predicted octanol–water partition coefficient (Wildman–Crippen LogP) is 3.32. The van der Waals surface area contributed by atoms with Crippen molar-refractivity contribution in [2.45, 2.75) is 6.10 Å². The van der Waals surface area contributed by atoms with Gasteiger partial charge in [0.25, 0.3) is 0 Å². The molecule has 1 unspecified atom stereocenters. The number of hydrogen-bond acceptors (Lipinski definition) is 4. The van der Waals surface area contributed by atoms with Crippen molar-refractivity contribution in [2.24, 2.45) is 5.18 Å². The first-order chi connectivity index (χ1) is 9.79. The Balaban J connectivity index is 1.96. The third-order valence-electron chi connectivity index (χ3n) is 3.29. The van der Waals surface area contributed by atoms with Gasteiger partial charge >= 0.3 is 0 Å². The minimum absolute atomic E-state index is 0.247. The summed E-state index contributed by atoms with van der Waals surface area (Å²) in [6.07, 6.45) is -0.247. The molecule has 2 aromatic carbocycles. The van der Waals surface area contributed by atoms with Gasteiger partial charge in [-0.05, 0) is 17.3 Å². The summed E-state index contributed by atoms with van der Waals surface area (Å²) in [5, 5.41) is 13.6. The van der Waals surface area contributed by atoms with Gasteiger partial charge in [-0.2, -0.15) is 0 Å². The molecule has 0 saturated heterocycles. The molecule has 0 amide bonds. The van der Waals surface area contributed by atoms with Gasteiger partial charge in [-0.25, -0.2) is 0 Å². The van der Waals surface area contributed by atoms with Crippen LogP contribution in [0.2, 0.25) is 0 Å². The Hall–Kier alpha value is -2.69. The molecule has 0 bridgehead atoms. The van der Waals surface area contributed by atoms with Gasteiger partial charge in [0.2, 0.25) is 0 Å². The minimum atomic E-state index is -0.275. The predicted molar refractivity (Wildman–Crippen MR) is 77.4 cm³/mol. The van der Waals surface area contributed by atoms with Crippen molar-refractivity contribution in [1.82, 2.24) is 0 Å². The Morgan fingerprint density at radius 1 is 1.20 bits per heavy atom. The number of nitrogens with zero attached hydrogens (tertiary/aromatic N) is 1. The molecule has 1 aliphatic rings. The number of rotatable bonds is 2. The van der Waals surface area contributed by atoms with Crippen LogP contribution in [0.25, 0.3) is 0 Å². The Bertz CT molecular complexity index is 670. The Kier molecular flexibility index (Phi) is 3.16. The van der Waals surface area contributed by atoms with Crippen LogP contribution in [-0.4, -0.2) is 12.4 Å². The minimum Gasteiger partial charge on any atom is -0.482 e. The van der Waals surface area contributed by atoms with Crippen molar-refractivity contribution in [1.29, 1.82) is 5.41 Å². The molecule has 1 atom stereocenters. The van der Waals surface area contributed by atoms with Gasteiger partial charge in [-0.3, -0.25) is 5.41 Å². The Labute approximate surface area is 116 Å². The van der Waals surface area contributed by atoms with E-state index >= 15 is 0 Å². The number of hydrogen-bond donors (Lipinski definition) is 2. The van der Waals surface area contributed by atoms with E-state index in [1.807, 2.05) is 36.4 Å². The molecular weight excluding hydrogens is 254 g/mol. The molecule has 0 aromatic heterocycles. The highest BCUT2D eigenvalue weighted by Crippen LogP contribution is 2.34. The molecule has 5 nitrogen and oxygen atoms in total. The number of benzene rings is 2. The fraction of sp³-hybridized carbons (Fsp3) is 0.133. The van der Waals surface area contributed by atoms with Gasteiger partial charge in [-0.1, -0.05) is 36.4 Å². The zero-order valence-electron chi connectivity index (χ0n) is 10.7. The lowest BCUT2D eigenvalue weighted by molar-refractivity contribution is 0.210. The Morgan fingerprint density at radius 3 is 2.80 bits per heavy atom. The first kappa shape index (κ1) is 12.3. The van der Waals surface area contributed by atoms with Crippen LogP contribution in [0.5, 0.6) is 5.75 Å². The summed E-state index contributed by atoms with van der Waals surface area (Å²) in [6, 6.07) is 14.9. The van der Waals surface area contributed by atoms with E-state index in [0.29, 0.717) is 12.1 Å². The molecule has 2 N–H and O–H groups in total. The van der Waals surface area contributed by atoms with Crippen LogP contribution in [0.1, 0.15) is 17.2 Å². The Morgan fingerprint density at radius 2 is 1.95 bits per heavy atom. The quantitative estimate of drug-likeness (QED) is 0.498. The summed E-state index contributed by atoms with van der Waals surface area (Å²) in [4.78, 5) is 10.6. The summed E-state index contributed by atoms with van der Waals surface area (Å²) < 4.78 is 5.95. The molecule has 0 saturated carbocycles. The zero-order valence-corrected chi connectivity index (χ0v) is 10.7. The molecule has 0 radical (unpaired) electrons. The summed E-state index contributed by atoms with van der Waals surface area (Å²) in [7, 11) is 0. The number of para-hydroxylation sites is 2. The number of anilines is 1. The third kappa shape index (κ3) is 2.14. The van der Waals surface area contributed by atoms with E-state index in [0.717, 1.165) is 17.0 Å². The van der Waals surface area contributed by atoms with E-state index in [-0.39, 0.29) is 11.9 Å². The topological polar surface area (TPSA) is 74.5 Å². The van der Waals surface area contributed by atoms with E-state index in [4.69, 9.17) is 10.1 Å². The van der Waals surface area contributed by atoms with Crippen molar-refractivity contribution >= 4 is 11.5 Å². The lowest BCUT2D eigenvalue weighted by Gasteiger charge is -2.28. The second kappa shape index (κ2) is 5.13. The van der Waals surface area contributed by atoms with E-state index in [1.165, 1.54) is 0 Å². The molecular formula is C15H13N3O2. The maximum absolute atomic E-state index is 10.6. The number of nitrogens with one attached hydrogen (secondary N) is 2. The van der Waals surface area contributed by atoms with Gasteiger partial charge < -0.3 is 10.1 Å².